The smallest absolute Gasteiger partial charge is 0.141 e. The highest BCUT2D eigenvalue weighted by molar-refractivity contribution is 9.10. The molecule has 3 nitrogen and oxygen atoms in total. The van der Waals surface area contributed by atoms with E-state index in [-0.39, 0.29) is 11.8 Å². The van der Waals surface area contributed by atoms with E-state index in [2.05, 4.69) is 15.9 Å². The van der Waals surface area contributed by atoms with Crippen molar-refractivity contribution in [2.24, 2.45) is 5.73 Å². The number of phenols is 1. The molecule has 0 aliphatic heterocycles. The second kappa shape index (κ2) is 4.19. The molecule has 1 atom stereocenters. The zero-order valence-corrected chi connectivity index (χ0v) is 10.1. The topological polar surface area (TPSA) is 55.5 Å². The molecule has 14 heavy (non-hydrogen) atoms. The van der Waals surface area contributed by atoms with E-state index in [1.807, 2.05) is 19.9 Å². The second-order valence-corrected chi connectivity index (χ2v) is 4.06. The number of benzene rings is 1. The molecular weight excluding hydrogens is 246 g/mol. The lowest BCUT2D eigenvalue weighted by atomic mass is 10.0. The van der Waals surface area contributed by atoms with Crippen LogP contribution in [-0.2, 0) is 0 Å². The van der Waals surface area contributed by atoms with Crippen molar-refractivity contribution in [3.05, 3.63) is 21.7 Å². The Bertz CT molecular complexity index is 350. The normalized spacial score (nSPS) is 12.6. The minimum Gasteiger partial charge on any atom is -0.506 e. The van der Waals surface area contributed by atoms with Gasteiger partial charge in [0.2, 0.25) is 0 Å². The van der Waals surface area contributed by atoms with Crippen LogP contribution in [0.15, 0.2) is 10.5 Å². The minimum atomic E-state index is -0.124. The van der Waals surface area contributed by atoms with Gasteiger partial charge in [0.1, 0.15) is 16.0 Å². The van der Waals surface area contributed by atoms with Gasteiger partial charge in [-0.3, -0.25) is 0 Å². The van der Waals surface area contributed by atoms with E-state index < -0.39 is 0 Å². The Morgan fingerprint density at radius 2 is 2.14 bits per heavy atom. The minimum absolute atomic E-state index is 0.124. The molecule has 1 unspecified atom stereocenters. The summed E-state index contributed by atoms with van der Waals surface area (Å²) in [4.78, 5) is 0. The maximum absolute atomic E-state index is 9.66. The Labute approximate surface area is 92.0 Å². The molecule has 1 aromatic carbocycles. The van der Waals surface area contributed by atoms with Crippen LogP contribution in [-0.4, -0.2) is 12.2 Å². The van der Waals surface area contributed by atoms with Crippen molar-refractivity contribution >= 4 is 15.9 Å². The molecule has 0 spiro atoms. The van der Waals surface area contributed by atoms with E-state index in [4.69, 9.17) is 10.5 Å². The summed E-state index contributed by atoms with van der Waals surface area (Å²) in [6.07, 6.45) is 0. The fourth-order valence-corrected chi connectivity index (χ4v) is 2.02. The second-order valence-electron chi connectivity index (χ2n) is 3.27. The summed E-state index contributed by atoms with van der Waals surface area (Å²) >= 11 is 3.28. The maximum Gasteiger partial charge on any atom is 0.141 e. The van der Waals surface area contributed by atoms with E-state index in [0.29, 0.717) is 10.2 Å². The number of aryl methyl sites for hydroxylation is 1. The van der Waals surface area contributed by atoms with Gasteiger partial charge in [-0.25, -0.2) is 0 Å². The van der Waals surface area contributed by atoms with Crippen molar-refractivity contribution in [1.82, 2.24) is 0 Å². The highest BCUT2D eigenvalue weighted by Crippen LogP contribution is 2.40. The standard InChI is InChI=1S/C10H14BrNO2/c1-5-4-7(6(2)12)10(14-3)8(11)9(5)13/h4,6,13H,12H2,1-3H3. The number of hydrogen-bond acceptors (Lipinski definition) is 3. The van der Waals surface area contributed by atoms with E-state index in [9.17, 15) is 5.11 Å². The first-order valence-corrected chi connectivity index (χ1v) is 5.09. The lowest BCUT2D eigenvalue weighted by Crippen LogP contribution is -2.07. The van der Waals surface area contributed by atoms with Gasteiger partial charge in [0.15, 0.2) is 0 Å². The average Bonchev–Trinajstić information content (AvgIpc) is 2.13. The van der Waals surface area contributed by atoms with Gasteiger partial charge in [-0.15, -0.1) is 0 Å². The first-order chi connectivity index (χ1) is 6.49. The number of hydrogen-bond donors (Lipinski definition) is 2. The lowest BCUT2D eigenvalue weighted by Gasteiger charge is -2.15. The first-order valence-electron chi connectivity index (χ1n) is 4.30. The van der Waals surface area contributed by atoms with Crippen LogP contribution in [0.3, 0.4) is 0 Å². The Balaban J connectivity index is 3.43. The summed E-state index contributed by atoms with van der Waals surface area (Å²) in [5, 5.41) is 9.66. The highest BCUT2D eigenvalue weighted by atomic mass is 79.9. The molecule has 0 aliphatic carbocycles. The predicted octanol–water partition coefficient (Wildman–Crippen LogP) is 2.49. The summed E-state index contributed by atoms with van der Waals surface area (Å²) < 4.78 is 5.75. The third-order valence-corrected chi connectivity index (χ3v) is 2.85. The summed E-state index contributed by atoms with van der Waals surface area (Å²) in [6, 6.07) is 1.71. The monoisotopic (exact) mass is 259 g/mol. The summed E-state index contributed by atoms with van der Waals surface area (Å²) in [6.45, 7) is 3.70. The highest BCUT2D eigenvalue weighted by Gasteiger charge is 2.16. The zero-order chi connectivity index (χ0) is 10.9. The van der Waals surface area contributed by atoms with Gasteiger partial charge < -0.3 is 15.6 Å². The van der Waals surface area contributed by atoms with Gasteiger partial charge in [-0.2, -0.15) is 0 Å². The van der Waals surface area contributed by atoms with Crippen LogP contribution in [0.25, 0.3) is 0 Å². The van der Waals surface area contributed by atoms with E-state index in [1.54, 1.807) is 7.11 Å². The molecule has 0 aromatic heterocycles. The van der Waals surface area contributed by atoms with Crippen molar-refractivity contribution in [1.29, 1.82) is 0 Å². The van der Waals surface area contributed by atoms with Crippen LogP contribution in [0.2, 0.25) is 0 Å². The Kier molecular flexibility index (Phi) is 3.39. The fourth-order valence-electron chi connectivity index (χ4n) is 1.32. The molecule has 3 N–H and O–H groups in total. The first kappa shape index (κ1) is 11.3. The molecule has 0 fully saturated rings. The number of methoxy groups -OCH3 is 1. The Hall–Kier alpha value is -0.740. The molecule has 0 saturated heterocycles. The van der Waals surface area contributed by atoms with Crippen molar-refractivity contribution in [2.45, 2.75) is 19.9 Å². The van der Waals surface area contributed by atoms with Crippen molar-refractivity contribution in [3.63, 3.8) is 0 Å². The van der Waals surface area contributed by atoms with Gasteiger partial charge in [0, 0.05) is 11.6 Å². The van der Waals surface area contributed by atoms with Crippen molar-refractivity contribution in [3.8, 4) is 11.5 Å². The van der Waals surface area contributed by atoms with Crippen LogP contribution < -0.4 is 10.5 Å². The number of nitrogens with two attached hydrogens (primary N) is 1. The van der Waals surface area contributed by atoms with Gasteiger partial charge in [-0.05, 0) is 41.4 Å². The molecule has 1 rings (SSSR count). The summed E-state index contributed by atoms with van der Waals surface area (Å²) in [5.41, 5.74) is 7.46. The number of phenolic OH excluding ortho intramolecular Hbond substituents is 1. The fraction of sp³-hybridized carbons (Fsp3) is 0.400. The SMILES string of the molecule is COc1c(C(C)N)cc(C)c(O)c1Br. The van der Waals surface area contributed by atoms with Crippen LogP contribution >= 0.6 is 15.9 Å². The van der Waals surface area contributed by atoms with Crippen LogP contribution in [0.5, 0.6) is 11.5 Å². The van der Waals surface area contributed by atoms with Crippen LogP contribution in [0.1, 0.15) is 24.1 Å². The third-order valence-electron chi connectivity index (χ3n) is 2.11. The molecule has 4 heteroatoms. The number of rotatable bonds is 2. The molecule has 0 heterocycles. The number of aromatic hydroxyl groups is 1. The maximum atomic E-state index is 9.66. The summed E-state index contributed by atoms with van der Waals surface area (Å²) in [5.74, 6) is 0.800. The Morgan fingerprint density at radius 1 is 1.57 bits per heavy atom. The average molecular weight is 260 g/mol. The molecular formula is C10H14BrNO2. The molecule has 0 radical (unpaired) electrons. The van der Waals surface area contributed by atoms with Gasteiger partial charge in [-0.1, -0.05) is 0 Å². The molecule has 0 saturated carbocycles. The van der Waals surface area contributed by atoms with E-state index >= 15 is 0 Å². The zero-order valence-electron chi connectivity index (χ0n) is 8.47. The molecule has 0 amide bonds. The van der Waals surface area contributed by atoms with Gasteiger partial charge in [0.05, 0.1) is 7.11 Å². The largest absolute Gasteiger partial charge is 0.506 e. The van der Waals surface area contributed by atoms with Crippen molar-refractivity contribution in [2.75, 3.05) is 7.11 Å². The molecule has 0 bridgehead atoms. The van der Waals surface area contributed by atoms with E-state index in [0.717, 1.165) is 11.1 Å². The molecule has 78 valence electrons. The van der Waals surface area contributed by atoms with Crippen LogP contribution in [0, 0.1) is 6.92 Å². The van der Waals surface area contributed by atoms with Crippen LogP contribution in [0.4, 0.5) is 0 Å². The third kappa shape index (κ3) is 1.86. The summed E-state index contributed by atoms with van der Waals surface area (Å²) in [7, 11) is 1.56. The number of ether oxygens (including phenoxy) is 1. The van der Waals surface area contributed by atoms with E-state index in [1.165, 1.54) is 0 Å². The predicted molar refractivity (Wildman–Crippen MR) is 59.7 cm³/mol. The van der Waals surface area contributed by atoms with Crippen molar-refractivity contribution < 1.29 is 9.84 Å². The van der Waals surface area contributed by atoms with Gasteiger partial charge >= 0.3 is 0 Å². The number of halogens is 1. The molecule has 1 aromatic rings. The lowest BCUT2D eigenvalue weighted by molar-refractivity contribution is 0.395. The quantitative estimate of drug-likeness (QED) is 0.858. The van der Waals surface area contributed by atoms with Gasteiger partial charge in [0.25, 0.3) is 0 Å². The molecule has 0 aliphatic rings. The Morgan fingerprint density at radius 3 is 2.57 bits per heavy atom.